The summed E-state index contributed by atoms with van der Waals surface area (Å²) >= 11 is 1.72. The Balaban J connectivity index is 2.54. The minimum absolute atomic E-state index is 0.0344. The Morgan fingerprint density at radius 2 is 2.16 bits per heavy atom. The van der Waals surface area contributed by atoms with E-state index in [0.29, 0.717) is 17.4 Å². The molecule has 0 radical (unpaired) electrons. The zero-order chi connectivity index (χ0) is 14.0. The van der Waals surface area contributed by atoms with Gasteiger partial charge in [0.2, 0.25) is 0 Å². The molecule has 7 heteroatoms. The summed E-state index contributed by atoms with van der Waals surface area (Å²) in [5.74, 6) is 0.500. The standard InChI is InChI=1S/C12H13ClFNO2S2/c1-18-6-2-5-15-8-12(19(13,16)17)10-7-9(14)3-4-11(10)15/h3-4,7-8H,2,5-6H2,1H3. The highest BCUT2D eigenvalue weighted by molar-refractivity contribution is 8.14. The van der Waals surface area contributed by atoms with Crippen molar-refractivity contribution >= 4 is 42.4 Å². The quantitative estimate of drug-likeness (QED) is 0.625. The Kier molecular flexibility index (Phi) is 4.43. The van der Waals surface area contributed by atoms with Crippen molar-refractivity contribution < 1.29 is 12.8 Å². The fourth-order valence-electron chi connectivity index (χ4n) is 2.00. The predicted octanol–water partition coefficient (Wildman–Crippen LogP) is 3.46. The molecule has 0 N–H and O–H groups in total. The lowest BCUT2D eigenvalue weighted by Gasteiger charge is -2.03. The molecule has 0 aliphatic carbocycles. The average molecular weight is 322 g/mol. The van der Waals surface area contributed by atoms with E-state index in [0.717, 1.165) is 12.2 Å². The predicted molar refractivity (Wildman–Crippen MR) is 77.9 cm³/mol. The molecule has 1 aromatic heterocycles. The molecular formula is C12H13ClFNO2S2. The Morgan fingerprint density at radius 1 is 1.42 bits per heavy atom. The maximum absolute atomic E-state index is 13.3. The second kappa shape index (κ2) is 5.73. The second-order valence-electron chi connectivity index (χ2n) is 4.13. The topological polar surface area (TPSA) is 39.1 Å². The third kappa shape index (κ3) is 3.24. The zero-order valence-corrected chi connectivity index (χ0v) is 12.7. The van der Waals surface area contributed by atoms with Crippen molar-refractivity contribution in [3.63, 3.8) is 0 Å². The van der Waals surface area contributed by atoms with E-state index in [1.165, 1.54) is 18.3 Å². The highest BCUT2D eigenvalue weighted by Crippen LogP contribution is 2.29. The zero-order valence-electron chi connectivity index (χ0n) is 10.3. The molecule has 0 fully saturated rings. The van der Waals surface area contributed by atoms with Gasteiger partial charge in [-0.25, -0.2) is 12.8 Å². The van der Waals surface area contributed by atoms with Crippen LogP contribution in [0.15, 0.2) is 29.3 Å². The molecule has 0 aliphatic heterocycles. The highest BCUT2D eigenvalue weighted by Gasteiger charge is 2.19. The van der Waals surface area contributed by atoms with E-state index in [4.69, 9.17) is 10.7 Å². The van der Waals surface area contributed by atoms with Gasteiger partial charge in [0.05, 0.1) is 0 Å². The Bertz CT molecular complexity index is 697. The Labute approximate surface area is 120 Å². The number of nitrogens with zero attached hydrogens (tertiary/aromatic N) is 1. The third-order valence-corrected chi connectivity index (χ3v) is 4.86. The molecule has 0 saturated heterocycles. The van der Waals surface area contributed by atoms with Crippen LogP contribution in [0, 0.1) is 5.82 Å². The first-order chi connectivity index (χ1) is 8.93. The number of hydrogen-bond donors (Lipinski definition) is 0. The average Bonchev–Trinajstić information content (AvgIpc) is 2.67. The van der Waals surface area contributed by atoms with Gasteiger partial charge in [-0.05, 0) is 36.6 Å². The van der Waals surface area contributed by atoms with E-state index < -0.39 is 14.9 Å². The van der Waals surface area contributed by atoms with Gasteiger partial charge >= 0.3 is 0 Å². The van der Waals surface area contributed by atoms with Gasteiger partial charge in [0, 0.05) is 34.3 Å². The van der Waals surface area contributed by atoms with Crippen LogP contribution in [0.25, 0.3) is 10.9 Å². The smallest absolute Gasteiger partial charge is 0.263 e. The lowest BCUT2D eigenvalue weighted by molar-refractivity contribution is 0.609. The van der Waals surface area contributed by atoms with Gasteiger partial charge < -0.3 is 4.57 Å². The van der Waals surface area contributed by atoms with Crippen molar-refractivity contribution in [3.05, 3.63) is 30.2 Å². The molecule has 2 rings (SSSR count). The van der Waals surface area contributed by atoms with E-state index in [9.17, 15) is 12.8 Å². The van der Waals surface area contributed by atoms with Crippen molar-refractivity contribution in [1.82, 2.24) is 4.57 Å². The number of halogens is 2. The minimum Gasteiger partial charge on any atom is -0.346 e. The fraction of sp³-hybridized carbons (Fsp3) is 0.333. The van der Waals surface area contributed by atoms with Crippen molar-refractivity contribution in [2.45, 2.75) is 17.9 Å². The first-order valence-corrected chi connectivity index (χ1v) is 9.36. The number of hydrogen-bond acceptors (Lipinski definition) is 3. The summed E-state index contributed by atoms with van der Waals surface area (Å²) in [4.78, 5) is -0.0344. The monoisotopic (exact) mass is 321 g/mol. The summed E-state index contributed by atoms with van der Waals surface area (Å²) in [5, 5.41) is 0.333. The number of thioether (sulfide) groups is 1. The molecule has 0 spiro atoms. The molecule has 0 amide bonds. The summed E-state index contributed by atoms with van der Waals surface area (Å²) in [5.41, 5.74) is 0.682. The fourth-order valence-corrected chi connectivity index (χ4v) is 3.46. The van der Waals surface area contributed by atoms with E-state index in [-0.39, 0.29) is 4.90 Å². The number of fused-ring (bicyclic) bond motifs is 1. The number of rotatable bonds is 5. The number of benzene rings is 1. The number of aryl methyl sites for hydroxylation is 1. The minimum atomic E-state index is -3.88. The van der Waals surface area contributed by atoms with Gasteiger partial charge in [0.15, 0.2) is 0 Å². The van der Waals surface area contributed by atoms with Crippen LogP contribution in [0.4, 0.5) is 4.39 Å². The Hall–Kier alpha value is -0.720. The van der Waals surface area contributed by atoms with Crippen molar-refractivity contribution in [3.8, 4) is 0 Å². The van der Waals surface area contributed by atoms with Gasteiger partial charge in [-0.2, -0.15) is 11.8 Å². The van der Waals surface area contributed by atoms with Gasteiger partial charge in [-0.1, -0.05) is 0 Å². The SMILES string of the molecule is CSCCCn1cc(S(=O)(=O)Cl)c2cc(F)ccc21. The van der Waals surface area contributed by atoms with Gasteiger partial charge in [-0.3, -0.25) is 0 Å². The van der Waals surface area contributed by atoms with Crippen LogP contribution in [0.1, 0.15) is 6.42 Å². The third-order valence-electron chi connectivity index (χ3n) is 2.82. The van der Waals surface area contributed by atoms with Crippen molar-refractivity contribution in [2.75, 3.05) is 12.0 Å². The van der Waals surface area contributed by atoms with Crippen molar-refractivity contribution in [1.29, 1.82) is 0 Å². The summed E-state index contributed by atoms with van der Waals surface area (Å²) in [6.07, 6.45) is 4.40. The molecule has 1 heterocycles. The molecule has 3 nitrogen and oxygen atoms in total. The molecular weight excluding hydrogens is 309 g/mol. The van der Waals surface area contributed by atoms with E-state index in [2.05, 4.69) is 0 Å². The molecule has 1 aromatic carbocycles. The van der Waals surface area contributed by atoms with Crippen LogP contribution in [0.5, 0.6) is 0 Å². The maximum atomic E-state index is 13.3. The summed E-state index contributed by atoms with van der Waals surface area (Å²) < 4.78 is 38.1. The van der Waals surface area contributed by atoms with Gasteiger partial charge in [-0.15, -0.1) is 0 Å². The molecule has 104 valence electrons. The first-order valence-electron chi connectivity index (χ1n) is 5.65. The normalized spacial score (nSPS) is 12.2. The molecule has 19 heavy (non-hydrogen) atoms. The molecule has 0 aliphatic rings. The van der Waals surface area contributed by atoms with Crippen LogP contribution >= 0.6 is 22.4 Å². The van der Waals surface area contributed by atoms with Crippen LogP contribution in [-0.4, -0.2) is 25.0 Å². The molecule has 0 bridgehead atoms. The van der Waals surface area contributed by atoms with Gasteiger partial charge in [0.25, 0.3) is 9.05 Å². The second-order valence-corrected chi connectivity index (χ2v) is 7.65. The van der Waals surface area contributed by atoms with E-state index in [1.54, 1.807) is 22.4 Å². The van der Waals surface area contributed by atoms with E-state index in [1.807, 2.05) is 6.26 Å². The maximum Gasteiger partial charge on any atom is 0.263 e. The molecule has 0 unspecified atom stereocenters. The van der Waals surface area contributed by atoms with Crippen LogP contribution in [-0.2, 0) is 15.6 Å². The summed E-state index contributed by atoms with van der Waals surface area (Å²) in [7, 11) is 1.52. The lowest BCUT2D eigenvalue weighted by atomic mass is 10.2. The first kappa shape index (κ1) is 14.7. The lowest BCUT2D eigenvalue weighted by Crippen LogP contribution is -1.97. The van der Waals surface area contributed by atoms with Crippen LogP contribution in [0.3, 0.4) is 0 Å². The molecule has 0 atom stereocenters. The summed E-state index contributed by atoms with van der Waals surface area (Å²) in [6, 6.07) is 4.10. The number of aromatic nitrogens is 1. The van der Waals surface area contributed by atoms with Gasteiger partial charge in [0.1, 0.15) is 10.7 Å². The highest BCUT2D eigenvalue weighted by atomic mass is 35.7. The molecule has 2 aromatic rings. The Morgan fingerprint density at radius 3 is 2.79 bits per heavy atom. The van der Waals surface area contributed by atoms with Crippen LogP contribution < -0.4 is 0 Å². The van der Waals surface area contributed by atoms with E-state index >= 15 is 0 Å². The largest absolute Gasteiger partial charge is 0.346 e. The molecule has 0 saturated carbocycles. The van der Waals surface area contributed by atoms with Crippen LogP contribution in [0.2, 0.25) is 0 Å². The van der Waals surface area contributed by atoms with Crippen molar-refractivity contribution in [2.24, 2.45) is 0 Å². The summed E-state index contributed by atoms with van der Waals surface area (Å²) in [6.45, 7) is 0.676.